The number of nitrogens with one attached hydrogen (secondary N) is 1. The zero-order valence-corrected chi connectivity index (χ0v) is 12.8. The van der Waals surface area contributed by atoms with Crippen LogP contribution in [0.1, 0.15) is 49.7 Å². The molecule has 1 N–H and O–H groups in total. The molecular formula is C18H28N2. The predicted octanol–water partition coefficient (Wildman–Crippen LogP) is 3.18. The quantitative estimate of drug-likeness (QED) is 0.885. The van der Waals surface area contributed by atoms with Crippen LogP contribution in [0.4, 0.5) is 0 Å². The summed E-state index contributed by atoms with van der Waals surface area (Å²) in [6.45, 7) is 7.31. The molecule has 1 aliphatic heterocycles. The Labute approximate surface area is 123 Å². The van der Waals surface area contributed by atoms with Gasteiger partial charge in [-0.1, -0.05) is 24.3 Å². The van der Waals surface area contributed by atoms with E-state index in [-0.39, 0.29) is 0 Å². The van der Waals surface area contributed by atoms with Crippen LogP contribution in [0.25, 0.3) is 0 Å². The Morgan fingerprint density at radius 2 is 2.00 bits per heavy atom. The Morgan fingerprint density at radius 1 is 1.20 bits per heavy atom. The molecule has 0 spiro atoms. The fraction of sp³-hybridized carbons (Fsp3) is 0.667. The molecule has 0 aromatic heterocycles. The zero-order chi connectivity index (χ0) is 13.8. The van der Waals surface area contributed by atoms with Crippen molar-refractivity contribution in [2.24, 2.45) is 0 Å². The molecule has 1 heterocycles. The zero-order valence-electron chi connectivity index (χ0n) is 12.8. The summed E-state index contributed by atoms with van der Waals surface area (Å²) in [7, 11) is 0. The average Bonchev–Trinajstić information content (AvgIpc) is 2.98. The molecule has 2 heteroatoms. The SMILES string of the molecule is CC(CN1CCCC1)NCC1CCCc2ccccc21. The minimum absolute atomic E-state index is 0.613. The molecule has 2 atom stereocenters. The van der Waals surface area contributed by atoms with E-state index in [4.69, 9.17) is 0 Å². The van der Waals surface area contributed by atoms with Crippen LogP contribution in [-0.4, -0.2) is 37.1 Å². The van der Waals surface area contributed by atoms with Gasteiger partial charge in [0, 0.05) is 19.1 Å². The van der Waals surface area contributed by atoms with Crippen molar-refractivity contribution in [1.82, 2.24) is 10.2 Å². The third-order valence-electron chi connectivity index (χ3n) is 4.94. The van der Waals surface area contributed by atoms with Gasteiger partial charge < -0.3 is 10.2 Å². The van der Waals surface area contributed by atoms with Crippen molar-refractivity contribution in [3.05, 3.63) is 35.4 Å². The number of fused-ring (bicyclic) bond motifs is 1. The standard InChI is InChI=1S/C18H28N2/c1-15(14-20-11-4-5-12-20)19-13-17-9-6-8-16-7-2-3-10-18(16)17/h2-3,7,10,15,17,19H,4-6,8-9,11-14H2,1H3. The van der Waals surface area contributed by atoms with Gasteiger partial charge in [-0.05, 0) is 69.2 Å². The monoisotopic (exact) mass is 272 g/mol. The lowest BCUT2D eigenvalue weighted by atomic mass is 9.83. The molecule has 0 saturated carbocycles. The Hall–Kier alpha value is -0.860. The van der Waals surface area contributed by atoms with Crippen molar-refractivity contribution in [1.29, 1.82) is 0 Å². The highest BCUT2D eigenvalue weighted by molar-refractivity contribution is 5.32. The van der Waals surface area contributed by atoms with Crippen LogP contribution < -0.4 is 5.32 Å². The highest BCUT2D eigenvalue weighted by atomic mass is 15.2. The summed E-state index contributed by atoms with van der Waals surface area (Å²) in [6, 6.07) is 9.65. The van der Waals surface area contributed by atoms with Crippen LogP contribution >= 0.6 is 0 Å². The Balaban J connectivity index is 1.51. The Bertz CT molecular complexity index is 423. The van der Waals surface area contributed by atoms with Crippen molar-refractivity contribution >= 4 is 0 Å². The summed E-state index contributed by atoms with van der Waals surface area (Å²) in [6.07, 6.45) is 6.76. The summed E-state index contributed by atoms with van der Waals surface area (Å²) >= 11 is 0. The van der Waals surface area contributed by atoms with E-state index >= 15 is 0 Å². The van der Waals surface area contributed by atoms with E-state index in [2.05, 4.69) is 41.4 Å². The Morgan fingerprint density at radius 3 is 2.85 bits per heavy atom. The average molecular weight is 272 g/mol. The predicted molar refractivity (Wildman–Crippen MR) is 85.3 cm³/mol. The lowest BCUT2D eigenvalue weighted by Gasteiger charge is -2.28. The summed E-state index contributed by atoms with van der Waals surface area (Å²) in [4.78, 5) is 2.60. The van der Waals surface area contributed by atoms with Gasteiger partial charge >= 0.3 is 0 Å². The molecule has 0 radical (unpaired) electrons. The highest BCUT2D eigenvalue weighted by Gasteiger charge is 2.20. The molecule has 1 fully saturated rings. The molecule has 2 nitrogen and oxygen atoms in total. The van der Waals surface area contributed by atoms with Gasteiger partial charge in [-0.3, -0.25) is 0 Å². The second kappa shape index (κ2) is 6.73. The van der Waals surface area contributed by atoms with Gasteiger partial charge in [-0.25, -0.2) is 0 Å². The van der Waals surface area contributed by atoms with Gasteiger partial charge in [0.25, 0.3) is 0 Å². The maximum absolute atomic E-state index is 3.78. The highest BCUT2D eigenvalue weighted by Crippen LogP contribution is 2.30. The third-order valence-corrected chi connectivity index (χ3v) is 4.94. The summed E-state index contributed by atoms with van der Waals surface area (Å²) in [5.74, 6) is 0.723. The van der Waals surface area contributed by atoms with Gasteiger partial charge in [-0.2, -0.15) is 0 Å². The molecule has 20 heavy (non-hydrogen) atoms. The van der Waals surface area contributed by atoms with Crippen LogP contribution in [0.15, 0.2) is 24.3 Å². The van der Waals surface area contributed by atoms with Gasteiger partial charge in [-0.15, -0.1) is 0 Å². The van der Waals surface area contributed by atoms with Crippen LogP contribution in [0.3, 0.4) is 0 Å². The fourth-order valence-electron chi connectivity index (χ4n) is 3.83. The number of hydrogen-bond donors (Lipinski definition) is 1. The molecule has 0 bridgehead atoms. The number of hydrogen-bond acceptors (Lipinski definition) is 2. The van der Waals surface area contributed by atoms with E-state index in [0.29, 0.717) is 6.04 Å². The first-order chi connectivity index (χ1) is 9.83. The number of aryl methyl sites for hydroxylation is 1. The topological polar surface area (TPSA) is 15.3 Å². The number of rotatable bonds is 5. The lowest BCUT2D eigenvalue weighted by Crippen LogP contribution is -2.40. The number of likely N-dealkylation sites (tertiary alicyclic amines) is 1. The first-order valence-corrected chi connectivity index (χ1v) is 8.36. The van der Waals surface area contributed by atoms with E-state index in [9.17, 15) is 0 Å². The molecular weight excluding hydrogens is 244 g/mol. The second-order valence-corrected chi connectivity index (χ2v) is 6.60. The van der Waals surface area contributed by atoms with Crippen molar-refractivity contribution in [3.8, 4) is 0 Å². The summed E-state index contributed by atoms with van der Waals surface area (Å²) in [5, 5.41) is 3.78. The molecule has 2 aliphatic rings. The molecule has 3 rings (SSSR count). The third kappa shape index (κ3) is 3.42. The van der Waals surface area contributed by atoms with Gasteiger partial charge in [0.2, 0.25) is 0 Å². The van der Waals surface area contributed by atoms with Gasteiger partial charge in [0.1, 0.15) is 0 Å². The molecule has 1 saturated heterocycles. The van der Waals surface area contributed by atoms with Gasteiger partial charge in [0.05, 0.1) is 0 Å². The second-order valence-electron chi connectivity index (χ2n) is 6.60. The maximum atomic E-state index is 3.78. The fourth-order valence-corrected chi connectivity index (χ4v) is 3.83. The smallest absolute Gasteiger partial charge is 0.0166 e. The maximum Gasteiger partial charge on any atom is 0.0166 e. The first-order valence-electron chi connectivity index (χ1n) is 8.36. The Kier molecular flexibility index (Phi) is 4.74. The molecule has 110 valence electrons. The van der Waals surface area contributed by atoms with E-state index in [1.165, 1.54) is 51.7 Å². The largest absolute Gasteiger partial charge is 0.312 e. The molecule has 0 amide bonds. The van der Waals surface area contributed by atoms with Crippen molar-refractivity contribution in [2.75, 3.05) is 26.2 Å². The van der Waals surface area contributed by atoms with Crippen LogP contribution in [0.5, 0.6) is 0 Å². The van der Waals surface area contributed by atoms with Crippen molar-refractivity contribution < 1.29 is 0 Å². The molecule has 2 unspecified atom stereocenters. The van der Waals surface area contributed by atoms with E-state index in [0.717, 1.165) is 12.5 Å². The number of nitrogens with zero attached hydrogens (tertiary/aromatic N) is 1. The van der Waals surface area contributed by atoms with Crippen LogP contribution in [0, 0.1) is 0 Å². The molecule has 1 aromatic rings. The van der Waals surface area contributed by atoms with Crippen molar-refractivity contribution in [3.63, 3.8) is 0 Å². The number of benzene rings is 1. The van der Waals surface area contributed by atoms with Crippen molar-refractivity contribution in [2.45, 2.75) is 51.0 Å². The minimum atomic E-state index is 0.613. The van der Waals surface area contributed by atoms with Gasteiger partial charge in [0.15, 0.2) is 0 Å². The first kappa shape index (κ1) is 14.1. The molecule has 1 aliphatic carbocycles. The van der Waals surface area contributed by atoms with Crippen LogP contribution in [-0.2, 0) is 6.42 Å². The molecule has 1 aromatic carbocycles. The van der Waals surface area contributed by atoms with Crippen LogP contribution in [0.2, 0.25) is 0 Å². The van der Waals surface area contributed by atoms with E-state index in [1.54, 1.807) is 11.1 Å². The summed E-state index contributed by atoms with van der Waals surface area (Å²) < 4.78 is 0. The minimum Gasteiger partial charge on any atom is -0.312 e. The lowest BCUT2D eigenvalue weighted by molar-refractivity contribution is 0.295. The normalized spacial score (nSPS) is 24.6. The van der Waals surface area contributed by atoms with E-state index in [1.807, 2.05) is 0 Å². The summed E-state index contributed by atoms with van der Waals surface area (Å²) in [5.41, 5.74) is 3.18. The van der Waals surface area contributed by atoms with E-state index < -0.39 is 0 Å².